The Morgan fingerprint density at radius 1 is 1.21 bits per heavy atom. The highest BCUT2D eigenvalue weighted by atomic mass is 35.5. The van der Waals surface area contributed by atoms with Crippen LogP contribution in [0.25, 0.3) is 11.4 Å². The molecule has 3 aromatic rings. The van der Waals surface area contributed by atoms with Crippen molar-refractivity contribution in [2.75, 3.05) is 6.54 Å². The molecule has 0 radical (unpaired) electrons. The molecule has 28 heavy (non-hydrogen) atoms. The molecule has 0 amide bonds. The lowest BCUT2D eigenvalue weighted by Gasteiger charge is -2.27. The SMILES string of the molecule is O=c1[nH]c(-c2ccccc2)nc2c1CN(Cc1ccc(Cl)cc1[N+](=O)[O-])CC2. The van der Waals surface area contributed by atoms with E-state index in [1.165, 1.54) is 6.07 Å². The average Bonchev–Trinajstić information content (AvgIpc) is 2.70. The van der Waals surface area contributed by atoms with E-state index in [0.717, 1.165) is 11.3 Å². The highest BCUT2D eigenvalue weighted by Gasteiger charge is 2.24. The molecule has 2 heterocycles. The second kappa shape index (κ2) is 7.53. The van der Waals surface area contributed by atoms with E-state index in [9.17, 15) is 14.9 Å². The Bertz CT molecular complexity index is 1100. The summed E-state index contributed by atoms with van der Waals surface area (Å²) in [6.45, 7) is 1.43. The van der Waals surface area contributed by atoms with E-state index in [2.05, 4.69) is 9.97 Å². The van der Waals surface area contributed by atoms with Gasteiger partial charge in [-0.05, 0) is 12.1 Å². The van der Waals surface area contributed by atoms with Gasteiger partial charge in [-0.2, -0.15) is 0 Å². The normalized spacial score (nSPS) is 13.9. The summed E-state index contributed by atoms with van der Waals surface area (Å²) in [6, 6.07) is 14.2. The third-order valence-electron chi connectivity index (χ3n) is 4.83. The van der Waals surface area contributed by atoms with E-state index >= 15 is 0 Å². The topological polar surface area (TPSA) is 92.1 Å². The highest BCUT2D eigenvalue weighted by Crippen LogP contribution is 2.26. The van der Waals surface area contributed by atoms with Crippen LogP contribution >= 0.6 is 11.6 Å². The molecule has 0 aliphatic carbocycles. The van der Waals surface area contributed by atoms with Gasteiger partial charge in [-0.25, -0.2) is 4.98 Å². The quantitative estimate of drug-likeness (QED) is 0.537. The number of fused-ring (bicyclic) bond motifs is 1. The number of benzene rings is 2. The van der Waals surface area contributed by atoms with Crippen molar-refractivity contribution in [1.82, 2.24) is 14.9 Å². The van der Waals surface area contributed by atoms with Crippen LogP contribution in [0.3, 0.4) is 0 Å². The van der Waals surface area contributed by atoms with Gasteiger partial charge in [-0.15, -0.1) is 0 Å². The van der Waals surface area contributed by atoms with Crippen LogP contribution in [0.15, 0.2) is 53.3 Å². The Balaban J connectivity index is 1.59. The van der Waals surface area contributed by atoms with Crippen LogP contribution in [0.4, 0.5) is 5.69 Å². The van der Waals surface area contributed by atoms with E-state index in [4.69, 9.17) is 11.6 Å². The molecule has 8 heteroatoms. The van der Waals surface area contributed by atoms with Crippen molar-refractivity contribution in [2.24, 2.45) is 0 Å². The fourth-order valence-electron chi connectivity index (χ4n) is 3.43. The maximum atomic E-state index is 12.6. The van der Waals surface area contributed by atoms with Gasteiger partial charge in [0, 0.05) is 48.3 Å². The minimum absolute atomic E-state index is 0.00948. The lowest BCUT2D eigenvalue weighted by Crippen LogP contribution is -2.35. The molecule has 1 aromatic heterocycles. The van der Waals surface area contributed by atoms with Gasteiger partial charge in [0.25, 0.3) is 11.2 Å². The van der Waals surface area contributed by atoms with E-state index < -0.39 is 4.92 Å². The molecule has 1 aliphatic heterocycles. The zero-order valence-corrected chi connectivity index (χ0v) is 15.6. The first-order valence-corrected chi connectivity index (χ1v) is 9.22. The van der Waals surface area contributed by atoms with Crippen LogP contribution in [0.5, 0.6) is 0 Å². The van der Waals surface area contributed by atoms with Crippen molar-refractivity contribution in [3.8, 4) is 11.4 Å². The van der Waals surface area contributed by atoms with Crippen LogP contribution < -0.4 is 5.56 Å². The summed E-state index contributed by atoms with van der Waals surface area (Å²) < 4.78 is 0. The number of H-pyrrole nitrogens is 1. The largest absolute Gasteiger partial charge is 0.306 e. The summed E-state index contributed by atoms with van der Waals surface area (Å²) in [5.74, 6) is 0.561. The molecule has 0 unspecified atom stereocenters. The van der Waals surface area contributed by atoms with Crippen LogP contribution in [0.2, 0.25) is 5.02 Å². The van der Waals surface area contributed by atoms with Gasteiger partial charge in [0.05, 0.1) is 16.2 Å². The molecule has 0 saturated heterocycles. The van der Waals surface area contributed by atoms with Gasteiger partial charge in [0.15, 0.2) is 0 Å². The minimum Gasteiger partial charge on any atom is -0.306 e. The zero-order valence-electron chi connectivity index (χ0n) is 14.9. The van der Waals surface area contributed by atoms with Gasteiger partial charge in [0.1, 0.15) is 5.82 Å². The van der Waals surface area contributed by atoms with Crippen LogP contribution in [0, 0.1) is 10.1 Å². The molecule has 0 spiro atoms. The van der Waals surface area contributed by atoms with E-state index in [-0.39, 0.29) is 11.2 Å². The smallest absolute Gasteiger partial charge is 0.275 e. The number of nitrogens with one attached hydrogen (secondary N) is 1. The molecule has 2 aromatic carbocycles. The van der Waals surface area contributed by atoms with Crippen molar-refractivity contribution in [1.29, 1.82) is 0 Å². The van der Waals surface area contributed by atoms with Crippen molar-refractivity contribution in [3.63, 3.8) is 0 Å². The fourth-order valence-corrected chi connectivity index (χ4v) is 3.60. The molecule has 0 atom stereocenters. The Morgan fingerprint density at radius 3 is 2.75 bits per heavy atom. The number of hydrogen-bond donors (Lipinski definition) is 1. The van der Waals surface area contributed by atoms with Crippen molar-refractivity contribution in [3.05, 3.63) is 90.8 Å². The maximum Gasteiger partial charge on any atom is 0.275 e. The van der Waals surface area contributed by atoms with Crippen LogP contribution in [-0.2, 0) is 19.5 Å². The number of aromatic nitrogens is 2. The number of rotatable bonds is 4. The molecule has 4 rings (SSSR count). The summed E-state index contributed by atoms with van der Waals surface area (Å²) in [5, 5.41) is 11.6. The number of nitro benzene ring substituents is 1. The molecule has 1 aliphatic rings. The standard InChI is InChI=1S/C20H17ClN4O3/c21-15-7-6-14(18(10-15)25(27)28)11-24-9-8-17-16(12-24)20(26)23-19(22-17)13-4-2-1-3-5-13/h1-7,10H,8-9,11-12H2,(H,22,23,26). The Morgan fingerprint density at radius 2 is 2.00 bits per heavy atom. The molecular formula is C20H17ClN4O3. The van der Waals surface area contributed by atoms with Crippen molar-refractivity contribution < 1.29 is 4.92 Å². The molecule has 0 fully saturated rings. The Kier molecular flexibility index (Phi) is 4.93. The second-order valence-corrected chi connectivity index (χ2v) is 7.13. The fraction of sp³-hybridized carbons (Fsp3) is 0.200. The first-order valence-electron chi connectivity index (χ1n) is 8.84. The summed E-state index contributed by atoms with van der Waals surface area (Å²) in [6.07, 6.45) is 0.612. The summed E-state index contributed by atoms with van der Waals surface area (Å²) in [5.41, 5.74) is 2.65. The summed E-state index contributed by atoms with van der Waals surface area (Å²) in [4.78, 5) is 33.0. The van der Waals surface area contributed by atoms with Crippen molar-refractivity contribution in [2.45, 2.75) is 19.5 Å². The summed E-state index contributed by atoms with van der Waals surface area (Å²) in [7, 11) is 0. The molecule has 7 nitrogen and oxygen atoms in total. The number of aromatic amines is 1. The summed E-state index contributed by atoms with van der Waals surface area (Å²) >= 11 is 5.88. The molecular weight excluding hydrogens is 380 g/mol. The maximum absolute atomic E-state index is 12.6. The third kappa shape index (κ3) is 3.67. The lowest BCUT2D eigenvalue weighted by atomic mass is 10.0. The monoisotopic (exact) mass is 396 g/mol. The van der Waals surface area contributed by atoms with Gasteiger partial charge < -0.3 is 4.98 Å². The third-order valence-corrected chi connectivity index (χ3v) is 5.07. The van der Waals surface area contributed by atoms with Gasteiger partial charge in [-0.3, -0.25) is 19.8 Å². The first-order chi connectivity index (χ1) is 13.5. The van der Waals surface area contributed by atoms with Crippen LogP contribution in [-0.4, -0.2) is 26.3 Å². The molecule has 142 valence electrons. The van der Waals surface area contributed by atoms with E-state index in [1.807, 2.05) is 35.2 Å². The van der Waals surface area contributed by atoms with Gasteiger partial charge in [0.2, 0.25) is 0 Å². The van der Waals surface area contributed by atoms with E-state index in [1.54, 1.807) is 12.1 Å². The molecule has 1 N–H and O–H groups in total. The molecule has 0 bridgehead atoms. The number of hydrogen-bond acceptors (Lipinski definition) is 5. The molecule has 0 saturated carbocycles. The Hall–Kier alpha value is -3.03. The zero-order chi connectivity index (χ0) is 19.7. The average molecular weight is 397 g/mol. The predicted octanol–water partition coefficient (Wildman–Crippen LogP) is 3.56. The van der Waals surface area contributed by atoms with Gasteiger partial charge in [-0.1, -0.05) is 41.9 Å². The second-order valence-electron chi connectivity index (χ2n) is 6.70. The highest BCUT2D eigenvalue weighted by molar-refractivity contribution is 6.30. The van der Waals surface area contributed by atoms with Gasteiger partial charge >= 0.3 is 0 Å². The first kappa shape index (κ1) is 18.3. The number of nitrogens with zero attached hydrogens (tertiary/aromatic N) is 3. The predicted molar refractivity (Wildman–Crippen MR) is 106 cm³/mol. The van der Waals surface area contributed by atoms with Crippen LogP contribution in [0.1, 0.15) is 16.8 Å². The Labute approximate surface area is 165 Å². The van der Waals surface area contributed by atoms with E-state index in [0.29, 0.717) is 48.0 Å². The number of halogens is 1. The van der Waals surface area contributed by atoms with Crippen molar-refractivity contribution >= 4 is 17.3 Å². The lowest BCUT2D eigenvalue weighted by molar-refractivity contribution is -0.385. The minimum atomic E-state index is -0.431. The number of nitro groups is 1.